The van der Waals surface area contributed by atoms with Gasteiger partial charge in [0.2, 0.25) is 5.91 Å². The smallest absolute Gasteiger partial charge is 0.232 e. The Morgan fingerprint density at radius 1 is 1.21 bits per heavy atom. The van der Waals surface area contributed by atoms with E-state index in [9.17, 15) is 10.1 Å². The van der Waals surface area contributed by atoms with E-state index in [-0.39, 0.29) is 5.91 Å². The van der Waals surface area contributed by atoms with E-state index in [4.69, 9.17) is 10.5 Å². The SMILES string of the molecule is CN1CCCC[C@@](CCC2CC2)(c2cccc(Oc3cc([C@](C)(N)c4cncn4C)ccc3C#N)c2)C1=O. The lowest BCUT2D eigenvalue weighted by atomic mass is 9.72. The molecule has 7 nitrogen and oxygen atoms in total. The Balaban J connectivity index is 1.50. The summed E-state index contributed by atoms with van der Waals surface area (Å²) in [5, 5.41) is 9.82. The van der Waals surface area contributed by atoms with E-state index in [1.54, 1.807) is 18.6 Å². The third-order valence-corrected chi connectivity index (χ3v) is 8.44. The Kier molecular flexibility index (Phi) is 7.02. The Hall–Kier alpha value is -3.63. The number of imidazole rings is 1. The first kappa shape index (κ1) is 26.0. The molecule has 2 atom stereocenters. The largest absolute Gasteiger partial charge is 0.456 e. The minimum absolute atomic E-state index is 0.211. The second kappa shape index (κ2) is 10.3. The summed E-state index contributed by atoms with van der Waals surface area (Å²) in [6, 6.07) is 15.6. The van der Waals surface area contributed by atoms with Gasteiger partial charge in [0.1, 0.15) is 17.6 Å². The molecule has 0 bridgehead atoms. The van der Waals surface area contributed by atoms with E-state index >= 15 is 0 Å². The molecule has 198 valence electrons. The predicted octanol–water partition coefficient (Wildman–Crippen LogP) is 5.38. The second-order valence-electron chi connectivity index (χ2n) is 11.3. The van der Waals surface area contributed by atoms with Gasteiger partial charge in [-0.25, -0.2) is 4.98 Å². The summed E-state index contributed by atoms with van der Waals surface area (Å²) in [5.74, 6) is 2.01. The van der Waals surface area contributed by atoms with Crippen LogP contribution in [0.15, 0.2) is 55.0 Å². The van der Waals surface area contributed by atoms with E-state index in [1.165, 1.54) is 12.8 Å². The molecule has 1 saturated carbocycles. The normalized spacial score (nSPS) is 21.4. The van der Waals surface area contributed by atoms with Crippen molar-refractivity contribution < 1.29 is 9.53 Å². The number of likely N-dealkylation sites (N-methyl/N-ethyl adjacent to an activating group) is 1. The Morgan fingerprint density at radius 2 is 2.03 bits per heavy atom. The van der Waals surface area contributed by atoms with Crippen LogP contribution in [-0.2, 0) is 22.8 Å². The van der Waals surface area contributed by atoms with Crippen molar-refractivity contribution in [1.82, 2.24) is 14.5 Å². The van der Waals surface area contributed by atoms with E-state index in [0.29, 0.717) is 17.1 Å². The average Bonchev–Trinajstić information content (AvgIpc) is 3.67. The van der Waals surface area contributed by atoms with Gasteiger partial charge in [-0.15, -0.1) is 0 Å². The lowest BCUT2D eigenvalue weighted by molar-refractivity contribution is -0.136. The van der Waals surface area contributed by atoms with Crippen LogP contribution in [0.3, 0.4) is 0 Å². The molecular formula is C31H37N5O2. The number of nitriles is 1. The molecule has 2 aromatic carbocycles. The molecule has 1 aliphatic heterocycles. The predicted molar refractivity (Wildman–Crippen MR) is 147 cm³/mol. The fourth-order valence-corrected chi connectivity index (χ4v) is 5.86. The molecule has 2 N–H and O–H groups in total. The van der Waals surface area contributed by atoms with Crippen LogP contribution in [-0.4, -0.2) is 34.0 Å². The number of nitrogens with zero attached hydrogens (tertiary/aromatic N) is 4. The first-order chi connectivity index (χ1) is 18.2. The van der Waals surface area contributed by atoms with E-state index in [2.05, 4.69) is 17.1 Å². The zero-order chi connectivity index (χ0) is 26.9. The van der Waals surface area contributed by atoms with Crippen molar-refractivity contribution in [2.75, 3.05) is 13.6 Å². The average molecular weight is 512 g/mol. The van der Waals surface area contributed by atoms with E-state index in [1.807, 2.05) is 60.8 Å². The number of carbonyl (C=O) groups excluding carboxylic acids is 1. The summed E-state index contributed by atoms with van der Waals surface area (Å²) in [4.78, 5) is 19.9. The van der Waals surface area contributed by atoms with Crippen molar-refractivity contribution in [1.29, 1.82) is 5.26 Å². The summed E-state index contributed by atoms with van der Waals surface area (Å²) >= 11 is 0. The molecular weight excluding hydrogens is 474 g/mol. The summed E-state index contributed by atoms with van der Waals surface area (Å²) in [7, 11) is 3.84. The summed E-state index contributed by atoms with van der Waals surface area (Å²) in [6.45, 7) is 2.72. The highest BCUT2D eigenvalue weighted by Crippen LogP contribution is 2.44. The monoisotopic (exact) mass is 511 g/mol. The number of aryl methyl sites for hydroxylation is 1. The maximum absolute atomic E-state index is 13.8. The van der Waals surface area contributed by atoms with Gasteiger partial charge in [0.25, 0.3) is 0 Å². The van der Waals surface area contributed by atoms with Crippen LogP contribution in [0.25, 0.3) is 0 Å². The molecule has 2 fully saturated rings. The number of carbonyl (C=O) groups is 1. The number of nitrogens with two attached hydrogens (primary N) is 1. The molecule has 1 aromatic heterocycles. The lowest BCUT2D eigenvalue weighted by Crippen LogP contribution is -2.44. The van der Waals surface area contributed by atoms with Crippen LogP contribution < -0.4 is 10.5 Å². The topological polar surface area (TPSA) is 97.2 Å². The number of aromatic nitrogens is 2. The van der Waals surface area contributed by atoms with Crippen molar-refractivity contribution in [2.45, 2.75) is 62.8 Å². The fourth-order valence-electron chi connectivity index (χ4n) is 5.86. The molecule has 1 saturated heterocycles. The second-order valence-corrected chi connectivity index (χ2v) is 11.3. The number of benzene rings is 2. The van der Waals surface area contributed by atoms with Gasteiger partial charge in [-0.1, -0.05) is 37.5 Å². The van der Waals surface area contributed by atoms with Crippen LogP contribution >= 0.6 is 0 Å². The molecule has 2 heterocycles. The van der Waals surface area contributed by atoms with Crippen molar-refractivity contribution >= 4 is 5.91 Å². The van der Waals surface area contributed by atoms with Gasteiger partial charge < -0.3 is 19.9 Å². The third kappa shape index (κ3) is 4.93. The van der Waals surface area contributed by atoms with Crippen LogP contribution in [0.5, 0.6) is 11.5 Å². The number of amides is 1. The lowest BCUT2D eigenvalue weighted by Gasteiger charge is -2.35. The quantitative estimate of drug-likeness (QED) is 0.438. The van der Waals surface area contributed by atoms with Gasteiger partial charge in [0.15, 0.2) is 0 Å². The zero-order valence-electron chi connectivity index (χ0n) is 22.6. The third-order valence-electron chi connectivity index (χ3n) is 8.44. The molecule has 1 aliphatic carbocycles. The van der Waals surface area contributed by atoms with Gasteiger partial charge in [0, 0.05) is 20.6 Å². The van der Waals surface area contributed by atoms with E-state index < -0.39 is 11.0 Å². The van der Waals surface area contributed by atoms with Crippen molar-refractivity contribution in [3.8, 4) is 17.6 Å². The Bertz CT molecular complexity index is 1370. The molecule has 0 radical (unpaired) electrons. The van der Waals surface area contributed by atoms with Gasteiger partial charge in [-0.2, -0.15) is 5.26 Å². The minimum atomic E-state index is -0.830. The molecule has 0 unspecified atom stereocenters. The number of hydrogen-bond donors (Lipinski definition) is 1. The molecule has 2 aliphatic rings. The van der Waals surface area contributed by atoms with Crippen LogP contribution in [0.2, 0.25) is 0 Å². The minimum Gasteiger partial charge on any atom is -0.456 e. The Morgan fingerprint density at radius 3 is 2.74 bits per heavy atom. The Labute approximate surface area is 225 Å². The number of likely N-dealkylation sites (tertiary alicyclic amines) is 1. The number of hydrogen-bond acceptors (Lipinski definition) is 5. The fraction of sp³-hybridized carbons (Fsp3) is 0.452. The molecule has 1 amide bonds. The van der Waals surface area contributed by atoms with Gasteiger partial charge in [-0.05, 0) is 73.9 Å². The zero-order valence-corrected chi connectivity index (χ0v) is 22.6. The summed E-state index contributed by atoms with van der Waals surface area (Å²) in [6.07, 6.45) is 10.9. The maximum atomic E-state index is 13.8. The molecule has 38 heavy (non-hydrogen) atoms. The highest BCUT2D eigenvalue weighted by Gasteiger charge is 2.44. The molecule has 0 spiro atoms. The van der Waals surface area contributed by atoms with Crippen LogP contribution in [0.4, 0.5) is 0 Å². The molecule has 5 rings (SSSR count). The van der Waals surface area contributed by atoms with Gasteiger partial charge in [-0.3, -0.25) is 4.79 Å². The number of rotatable bonds is 8. The van der Waals surface area contributed by atoms with E-state index in [0.717, 1.165) is 61.4 Å². The van der Waals surface area contributed by atoms with Gasteiger partial charge in [0.05, 0.1) is 34.7 Å². The number of ether oxygens (including phenoxy) is 1. The van der Waals surface area contributed by atoms with Crippen molar-refractivity contribution in [3.63, 3.8) is 0 Å². The highest BCUT2D eigenvalue weighted by atomic mass is 16.5. The molecule has 3 aromatic rings. The maximum Gasteiger partial charge on any atom is 0.232 e. The van der Waals surface area contributed by atoms with Crippen molar-refractivity contribution in [3.05, 3.63) is 77.4 Å². The first-order valence-corrected chi connectivity index (χ1v) is 13.6. The standard InChI is InChI=1S/C31H37N5O2/c1-30(33,28-20-34-21-36(28)3)24-12-11-23(19-32)27(18-24)38-26-8-6-7-25(17-26)31(15-13-22-9-10-22)14-4-5-16-35(2)29(31)37/h6-8,11-12,17-18,20-22H,4-5,9-10,13-16,33H2,1-3H3/t30-,31+/m0/s1. The highest BCUT2D eigenvalue weighted by molar-refractivity contribution is 5.88. The summed E-state index contributed by atoms with van der Waals surface area (Å²) < 4.78 is 8.26. The molecule has 7 heteroatoms. The van der Waals surface area contributed by atoms with Crippen molar-refractivity contribution in [2.24, 2.45) is 18.7 Å². The van der Waals surface area contributed by atoms with Crippen LogP contribution in [0.1, 0.15) is 74.3 Å². The first-order valence-electron chi connectivity index (χ1n) is 13.6. The summed E-state index contributed by atoms with van der Waals surface area (Å²) in [5.41, 5.74) is 8.48. The van der Waals surface area contributed by atoms with Crippen LogP contribution in [0, 0.1) is 17.2 Å². The van der Waals surface area contributed by atoms with Gasteiger partial charge >= 0.3 is 0 Å².